The summed E-state index contributed by atoms with van der Waals surface area (Å²) >= 11 is 0. The van der Waals surface area contributed by atoms with E-state index in [9.17, 15) is 5.11 Å². The van der Waals surface area contributed by atoms with E-state index in [4.69, 9.17) is 0 Å². The molecule has 0 aliphatic heterocycles. The molecule has 1 N–H and O–H groups in total. The number of phenolic OH excluding ortho intramolecular Hbond substituents is 1. The van der Waals surface area contributed by atoms with Crippen LogP contribution in [0.25, 0.3) is 12.2 Å². The molecule has 0 aliphatic rings. The molecule has 0 radical (unpaired) electrons. The summed E-state index contributed by atoms with van der Waals surface area (Å²) in [7, 11) is 0. The Hall–Kier alpha value is -2.10. The fourth-order valence-corrected chi connectivity index (χ4v) is 1.05. The summed E-state index contributed by atoms with van der Waals surface area (Å²) in [5.41, 5.74) is 0.884. The van der Waals surface area contributed by atoms with Crippen LogP contribution in [0.5, 0.6) is 5.75 Å². The van der Waals surface area contributed by atoms with Crippen molar-refractivity contribution in [2.45, 2.75) is 0 Å². The second-order valence-corrected chi connectivity index (χ2v) is 2.72. The molecule has 0 unspecified atom stereocenters. The lowest BCUT2D eigenvalue weighted by Crippen LogP contribution is -1.74. The summed E-state index contributed by atoms with van der Waals surface area (Å²) in [4.78, 5) is 3.83. The molecule has 0 saturated carbocycles. The molecule has 70 valence electrons. The number of nitrogens with zero attached hydrogens (tertiary/aromatic N) is 2. The Morgan fingerprint density at radius 1 is 1.29 bits per heavy atom. The molecule has 0 amide bonds. The Bertz CT molecular complexity index is 435. The fraction of sp³-hybridized carbons (Fsp3) is 0. The van der Waals surface area contributed by atoms with Crippen molar-refractivity contribution in [1.82, 2.24) is 10.1 Å². The molecule has 2 aromatic rings. The first kappa shape index (κ1) is 8.50. The second kappa shape index (κ2) is 3.74. The third-order valence-corrected chi connectivity index (χ3v) is 1.67. The molecule has 0 spiro atoms. The molecule has 0 saturated heterocycles. The highest BCUT2D eigenvalue weighted by Crippen LogP contribution is 2.12. The fourth-order valence-electron chi connectivity index (χ4n) is 1.05. The average molecular weight is 188 g/mol. The molecule has 0 atom stereocenters. The van der Waals surface area contributed by atoms with Gasteiger partial charge in [-0.2, -0.15) is 4.98 Å². The van der Waals surface area contributed by atoms with Gasteiger partial charge in [-0.15, -0.1) is 0 Å². The maximum atomic E-state index is 9.19. The van der Waals surface area contributed by atoms with E-state index in [1.165, 1.54) is 6.39 Å². The molecule has 2 rings (SSSR count). The van der Waals surface area contributed by atoms with Crippen LogP contribution in [0.4, 0.5) is 0 Å². The van der Waals surface area contributed by atoms with Crippen molar-refractivity contribution in [3.8, 4) is 5.75 Å². The molecule has 1 heterocycles. The van der Waals surface area contributed by atoms with Gasteiger partial charge in [0.05, 0.1) is 0 Å². The third-order valence-electron chi connectivity index (χ3n) is 1.67. The van der Waals surface area contributed by atoms with Crippen LogP contribution in [0, 0.1) is 0 Å². The van der Waals surface area contributed by atoms with Crippen molar-refractivity contribution in [2.24, 2.45) is 0 Å². The molecule has 1 aromatic carbocycles. The average Bonchev–Trinajstić information content (AvgIpc) is 2.67. The van der Waals surface area contributed by atoms with E-state index < -0.39 is 0 Å². The van der Waals surface area contributed by atoms with Crippen molar-refractivity contribution in [3.63, 3.8) is 0 Å². The van der Waals surface area contributed by atoms with Crippen molar-refractivity contribution in [1.29, 1.82) is 0 Å². The molecule has 1 aromatic heterocycles. The summed E-state index contributed by atoms with van der Waals surface area (Å²) < 4.78 is 4.56. The van der Waals surface area contributed by atoms with Gasteiger partial charge >= 0.3 is 0 Å². The van der Waals surface area contributed by atoms with Gasteiger partial charge in [-0.3, -0.25) is 0 Å². The van der Waals surface area contributed by atoms with Crippen LogP contribution in [0.2, 0.25) is 0 Å². The molecule has 0 aliphatic carbocycles. The Morgan fingerprint density at radius 3 is 2.93 bits per heavy atom. The summed E-state index contributed by atoms with van der Waals surface area (Å²) in [5.74, 6) is 0.744. The van der Waals surface area contributed by atoms with E-state index in [2.05, 4.69) is 14.7 Å². The normalized spacial score (nSPS) is 10.9. The number of aromatic hydroxyl groups is 1. The van der Waals surface area contributed by atoms with Gasteiger partial charge in [-0.1, -0.05) is 23.4 Å². The highest BCUT2D eigenvalue weighted by Gasteiger charge is 1.92. The Labute approximate surface area is 80.5 Å². The van der Waals surface area contributed by atoms with Gasteiger partial charge in [0.15, 0.2) is 5.82 Å². The van der Waals surface area contributed by atoms with Gasteiger partial charge in [0.1, 0.15) is 5.75 Å². The minimum absolute atomic E-state index is 0.236. The predicted molar refractivity (Wildman–Crippen MR) is 51.3 cm³/mol. The monoisotopic (exact) mass is 188 g/mol. The Balaban J connectivity index is 2.18. The molecule has 0 bridgehead atoms. The summed E-state index contributed by atoms with van der Waals surface area (Å²) in [6.45, 7) is 0. The zero-order valence-corrected chi connectivity index (χ0v) is 7.29. The first-order valence-corrected chi connectivity index (χ1v) is 4.08. The highest BCUT2D eigenvalue weighted by atomic mass is 16.5. The van der Waals surface area contributed by atoms with E-state index in [0.29, 0.717) is 5.82 Å². The van der Waals surface area contributed by atoms with Gasteiger partial charge in [0.2, 0.25) is 6.39 Å². The SMILES string of the molecule is Oc1cccc(/C=C/c2ncon2)c1. The van der Waals surface area contributed by atoms with Crippen LogP contribution in [-0.4, -0.2) is 15.2 Å². The summed E-state index contributed by atoms with van der Waals surface area (Å²) in [6.07, 6.45) is 4.77. The standard InChI is InChI=1S/C10H8N2O2/c13-9-3-1-2-8(6-9)4-5-10-11-7-14-12-10/h1-7,13H/b5-4+. The molecular formula is C10H8N2O2. The third kappa shape index (κ3) is 1.98. The van der Waals surface area contributed by atoms with Crippen molar-refractivity contribution >= 4 is 12.2 Å². The first-order valence-electron chi connectivity index (χ1n) is 4.08. The van der Waals surface area contributed by atoms with E-state index in [1.54, 1.807) is 30.4 Å². The quantitative estimate of drug-likeness (QED) is 0.782. The largest absolute Gasteiger partial charge is 0.508 e. The van der Waals surface area contributed by atoms with Gasteiger partial charge in [0.25, 0.3) is 0 Å². The van der Waals surface area contributed by atoms with Gasteiger partial charge in [-0.25, -0.2) is 0 Å². The van der Waals surface area contributed by atoms with Crippen molar-refractivity contribution < 1.29 is 9.63 Å². The maximum Gasteiger partial charge on any atom is 0.214 e. The molecule has 4 nitrogen and oxygen atoms in total. The lowest BCUT2D eigenvalue weighted by atomic mass is 10.2. The van der Waals surface area contributed by atoms with Crippen LogP contribution in [0.15, 0.2) is 35.2 Å². The van der Waals surface area contributed by atoms with Crippen LogP contribution >= 0.6 is 0 Å². The van der Waals surface area contributed by atoms with E-state index in [1.807, 2.05) is 6.07 Å². The van der Waals surface area contributed by atoms with Gasteiger partial charge in [-0.05, 0) is 23.8 Å². The smallest absolute Gasteiger partial charge is 0.214 e. The van der Waals surface area contributed by atoms with Crippen LogP contribution in [0.1, 0.15) is 11.4 Å². The minimum atomic E-state index is 0.236. The summed E-state index contributed by atoms with van der Waals surface area (Å²) in [6, 6.07) is 6.91. The van der Waals surface area contributed by atoms with E-state index >= 15 is 0 Å². The Morgan fingerprint density at radius 2 is 2.21 bits per heavy atom. The number of hydrogen-bond acceptors (Lipinski definition) is 4. The first-order chi connectivity index (χ1) is 6.84. The zero-order chi connectivity index (χ0) is 9.80. The van der Waals surface area contributed by atoms with Crippen LogP contribution in [-0.2, 0) is 0 Å². The molecular weight excluding hydrogens is 180 g/mol. The molecule has 0 fully saturated rings. The number of phenols is 1. The predicted octanol–water partition coefficient (Wildman–Crippen LogP) is 1.95. The molecule has 4 heteroatoms. The lowest BCUT2D eigenvalue weighted by molar-refractivity contribution is 0.415. The second-order valence-electron chi connectivity index (χ2n) is 2.72. The van der Waals surface area contributed by atoms with Gasteiger partial charge < -0.3 is 9.63 Å². The van der Waals surface area contributed by atoms with Crippen molar-refractivity contribution in [2.75, 3.05) is 0 Å². The molecule has 14 heavy (non-hydrogen) atoms. The Kier molecular flexibility index (Phi) is 2.27. The number of hydrogen-bond donors (Lipinski definition) is 1. The van der Waals surface area contributed by atoms with Gasteiger partial charge in [0, 0.05) is 0 Å². The number of benzene rings is 1. The highest BCUT2D eigenvalue weighted by molar-refractivity contribution is 5.66. The maximum absolute atomic E-state index is 9.19. The number of rotatable bonds is 2. The zero-order valence-electron chi connectivity index (χ0n) is 7.29. The van der Waals surface area contributed by atoms with Crippen LogP contribution < -0.4 is 0 Å². The van der Waals surface area contributed by atoms with Crippen molar-refractivity contribution in [3.05, 3.63) is 42.0 Å². The van der Waals surface area contributed by atoms with E-state index in [-0.39, 0.29) is 5.75 Å². The lowest BCUT2D eigenvalue weighted by Gasteiger charge is -1.92. The number of aromatic nitrogens is 2. The minimum Gasteiger partial charge on any atom is -0.508 e. The van der Waals surface area contributed by atoms with E-state index in [0.717, 1.165) is 5.56 Å². The topological polar surface area (TPSA) is 59.2 Å². The van der Waals surface area contributed by atoms with Crippen LogP contribution in [0.3, 0.4) is 0 Å². The summed E-state index contributed by atoms with van der Waals surface area (Å²) in [5, 5.41) is 12.8.